The molecule has 0 atom stereocenters. The third-order valence-corrected chi connectivity index (χ3v) is 3.57. The first-order valence-electron chi connectivity index (χ1n) is 7.81. The number of hydrogen-bond acceptors (Lipinski definition) is 3. The zero-order valence-electron chi connectivity index (χ0n) is 12.8. The van der Waals surface area contributed by atoms with Crippen LogP contribution in [0.15, 0.2) is 36.4 Å². The Hall–Kier alpha value is -1.58. The second-order valence-corrected chi connectivity index (χ2v) is 5.22. The number of nitrogens with one attached hydrogen (secondary N) is 1. The Morgan fingerprint density at radius 1 is 1.10 bits per heavy atom. The monoisotopic (exact) mass is 287 g/mol. The van der Waals surface area contributed by atoms with E-state index in [1.165, 1.54) is 16.3 Å². The van der Waals surface area contributed by atoms with Crippen LogP contribution < -0.4 is 10.1 Å². The number of ether oxygens (including phenoxy) is 1. The van der Waals surface area contributed by atoms with E-state index >= 15 is 0 Å². The van der Waals surface area contributed by atoms with Gasteiger partial charge in [-0.2, -0.15) is 0 Å². The predicted octanol–water partition coefficient (Wildman–Crippen LogP) is 3.49. The van der Waals surface area contributed by atoms with Gasteiger partial charge in [0.1, 0.15) is 5.75 Å². The van der Waals surface area contributed by atoms with Crippen LogP contribution in [0.1, 0.15) is 31.7 Å². The van der Waals surface area contributed by atoms with Crippen LogP contribution in [0.25, 0.3) is 10.8 Å². The van der Waals surface area contributed by atoms with Gasteiger partial charge in [-0.25, -0.2) is 0 Å². The Kier molecular flexibility index (Phi) is 6.51. The van der Waals surface area contributed by atoms with E-state index in [2.05, 4.69) is 48.6 Å². The van der Waals surface area contributed by atoms with Crippen molar-refractivity contribution < 1.29 is 9.84 Å². The lowest BCUT2D eigenvalue weighted by molar-refractivity contribution is 0.285. The Morgan fingerprint density at radius 2 is 1.95 bits per heavy atom. The molecule has 2 aromatic rings. The second kappa shape index (κ2) is 8.65. The lowest BCUT2D eigenvalue weighted by atomic mass is 10.0. The predicted molar refractivity (Wildman–Crippen MR) is 87.8 cm³/mol. The highest BCUT2D eigenvalue weighted by molar-refractivity contribution is 5.87. The van der Waals surface area contributed by atoms with E-state index < -0.39 is 0 Å². The molecule has 114 valence electrons. The standard InChI is InChI=1S/C18H25NO2/c1-2-3-13-21-18-10-9-15-7-4-5-8-16(15)17(18)14-19-11-6-12-20/h4-5,7-10,19-20H,2-3,6,11-14H2,1H3. The van der Waals surface area contributed by atoms with E-state index in [-0.39, 0.29) is 6.61 Å². The van der Waals surface area contributed by atoms with E-state index in [9.17, 15) is 0 Å². The number of rotatable bonds is 9. The first-order chi connectivity index (χ1) is 10.4. The fourth-order valence-corrected chi connectivity index (χ4v) is 2.38. The molecule has 2 aromatic carbocycles. The van der Waals surface area contributed by atoms with Gasteiger partial charge >= 0.3 is 0 Å². The third-order valence-electron chi connectivity index (χ3n) is 3.57. The molecule has 0 aromatic heterocycles. The van der Waals surface area contributed by atoms with Crippen molar-refractivity contribution in [2.75, 3.05) is 19.8 Å². The molecule has 3 heteroatoms. The summed E-state index contributed by atoms with van der Waals surface area (Å²) in [5.74, 6) is 0.971. The highest BCUT2D eigenvalue weighted by atomic mass is 16.5. The molecule has 0 unspecified atom stereocenters. The van der Waals surface area contributed by atoms with Gasteiger partial charge in [-0.15, -0.1) is 0 Å². The van der Waals surface area contributed by atoms with Crippen LogP contribution in [-0.4, -0.2) is 24.9 Å². The quantitative estimate of drug-likeness (QED) is 0.694. The largest absolute Gasteiger partial charge is 0.493 e. The Morgan fingerprint density at radius 3 is 2.76 bits per heavy atom. The summed E-state index contributed by atoms with van der Waals surface area (Å²) in [6, 6.07) is 12.6. The molecule has 0 radical (unpaired) electrons. The van der Waals surface area contributed by atoms with Crippen molar-refractivity contribution in [3.05, 3.63) is 42.0 Å². The lowest BCUT2D eigenvalue weighted by Gasteiger charge is -2.15. The minimum absolute atomic E-state index is 0.225. The van der Waals surface area contributed by atoms with Crippen LogP contribution in [0, 0.1) is 0 Å². The Labute approximate surface area is 126 Å². The minimum atomic E-state index is 0.225. The zero-order chi connectivity index (χ0) is 14.9. The summed E-state index contributed by atoms with van der Waals surface area (Å²) in [7, 11) is 0. The molecule has 0 spiro atoms. The molecule has 0 aliphatic heterocycles. The maximum atomic E-state index is 8.87. The number of aliphatic hydroxyl groups is 1. The number of hydrogen-bond donors (Lipinski definition) is 2. The van der Waals surface area contributed by atoms with Crippen molar-refractivity contribution in [1.29, 1.82) is 0 Å². The molecule has 0 saturated carbocycles. The molecule has 0 bridgehead atoms. The molecule has 0 fully saturated rings. The second-order valence-electron chi connectivity index (χ2n) is 5.22. The van der Waals surface area contributed by atoms with Crippen molar-refractivity contribution in [3.63, 3.8) is 0 Å². The fourth-order valence-electron chi connectivity index (χ4n) is 2.38. The van der Waals surface area contributed by atoms with Crippen molar-refractivity contribution in [2.24, 2.45) is 0 Å². The molecule has 2 rings (SSSR count). The highest BCUT2D eigenvalue weighted by Gasteiger charge is 2.08. The van der Waals surface area contributed by atoms with Crippen molar-refractivity contribution in [1.82, 2.24) is 5.32 Å². The van der Waals surface area contributed by atoms with Gasteiger partial charge < -0.3 is 15.2 Å². The van der Waals surface area contributed by atoms with Gasteiger partial charge in [-0.1, -0.05) is 43.7 Å². The number of benzene rings is 2. The third kappa shape index (κ3) is 4.45. The summed E-state index contributed by atoms with van der Waals surface area (Å²) in [5.41, 5.74) is 1.21. The maximum absolute atomic E-state index is 8.87. The molecule has 21 heavy (non-hydrogen) atoms. The van der Waals surface area contributed by atoms with E-state index in [0.717, 1.165) is 44.7 Å². The van der Waals surface area contributed by atoms with E-state index in [4.69, 9.17) is 9.84 Å². The minimum Gasteiger partial charge on any atom is -0.493 e. The van der Waals surface area contributed by atoms with Crippen LogP contribution >= 0.6 is 0 Å². The van der Waals surface area contributed by atoms with Crippen LogP contribution in [0.4, 0.5) is 0 Å². The molecule has 2 N–H and O–H groups in total. The number of unbranched alkanes of at least 4 members (excludes halogenated alkanes) is 1. The molecular weight excluding hydrogens is 262 g/mol. The van der Waals surface area contributed by atoms with Crippen molar-refractivity contribution >= 4 is 10.8 Å². The molecule has 0 saturated heterocycles. The van der Waals surface area contributed by atoms with Gasteiger partial charge in [0, 0.05) is 18.7 Å². The molecule has 0 amide bonds. The van der Waals surface area contributed by atoms with E-state index in [1.54, 1.807) is 0 Å². The molecule has 3 nitrogen and oxygen atoms in total. The Bertz CT molecular complexity index is 554. The zero-order valence-corrected chi connectivity index (χ0v) is 12.8. The van der Waals surface area contributed by atoms with Crippen LogP contribution in [0.5, 0.6) is 5.75 Å². The first-order valence-corrected chi connectivity index (χ1v) is 7.81. The maximum Gasteiger partial charge on any atom is 0.124 e. The number of fused-ring (bicyclic) bond motifs is 1. The lowest BCUT2D eigenvalue weighted by Crippen LogP contribution is -2.16. The van der Waals surface area contributed by atoms with Crippen LogP contribution in [-0.2, 0) is 6.54 Å². The van der Waals surface area contributed by atoms with Gasteiger partial charge in [-0.3, -0.25) is 0 Å². The molecule has 0 heterocycles. The van der Waals surface area contributed by atoms with Gasteiger partial charge in [0.15, 0.2) is 0 Å². The van der Waals surface area contributed by atoms with Gasteiger partial charge in [0.2, 0.25) is 0 Å². The topological polar surface area (TPSA) is 41.5 Å². The Balaban J connectivity index is 2.19. The van der Waals surface area contributed by atoms with E-state index in [1.807, 2.05) is 0 Å². The normalized spacial score (nSPS) is 11.0. The van der Waals surface area contributed by atoms with Gasteiger partial charge in [0.05, 0.1) is 6.61 Å². The van der Waals surface area contributed by atoms with Crippen molar-refractivity contribution in [3.8, 4) is 5.75 Å². The van der Waals surface area contributed by atoms with Crippen LogP contribution in [0.3, 0.4) is 0 Å². The van der Waals surface area contributed by atoms with Crippen molar-refractivity contribution in [2.45, 2.75) is 32.7 Å². The summed E-state index contributed by atoms with van der Waals surface area (Å²) in [4.78, 5) is 0. The smallest absolute Gasteiger partial charge is 0.124 e. The summed E-state index contributed by atoms with van der Waals surface area (Å²) >= 11 is 0. The van der Waals surface area contributed by atoms with Crippen LogP contribution in [0.2, 0.25) is 0 Å². The molecular formula is C18H25NO2. The van der Waals surface area contributed by atoms with Gasteiger partial charge in [0.25, 0.3) is 0 Å². The van der Waals surface area contributed by atoms with Gasteiger partial charge in [-0.05, 0) is 36.2 Å². The highest BCUT2D eigenvalue weighted by Crippen LogP contribution is 2.28. The summed E-state index contributed by atoms with van der Waals surface area (Å²) < 4.78 is 5.95. The average Bonchev–Trinajstić information content (AvgIpc) is 2.53. The number of aliphatic hydroxyl groups excluding tert-OH is 1. The summed E-state index contributed by atoms with van der Waals surface area (Å²) in [6.45, 7) is 4.74. The summed E-state index contributed by atoms with van der Waals surface area (Å²) in [6.07, 6.45) is 2.98. The molecule has 0 aliphatic rings. The fraction of sp³-hybridized carbons (Fsp3) is 0.444. The summed E-state index contributed by atoms with van der Waals surface area (Å²) in [5, 5.41) is 14.7. The first kappa shape index (κ1) is 15.8. The average molecular weight is 287 g/mol. The molecule has 0 aliphatic carbocycles. The SMILES string of the molecule is CCCCOc1ccc2ccccc2c1CNCCCO. The van der Waals surface area contributed by atoms with E-state index in [0.29, 0.717) is 0 Å².